The zero-order chi connectivity index (χ0) is 16.8. The number of aromatic nitrogens is 2. The van der Waals surface area contributed by atoms with Crippen molar-refractivity contribution in [3.63, 3.8) is 0 Å². The van der Waals surface area contributed by atoms with E-state index in [4.69, 9.17) is 4.52 Å². The van der Waals surface area contributed by atoms with Crippen molar-refractivity contribution in [1.29, 1.82) is 0 Å². The maximum Gasteiger partial charge on any atom is 0.226 e. The predicted octanol–water partition coefficient (Wildman–Crippen LogP) is 1.60. The van der Waals surface area contributed by atoms with E-state index in [9.17, 15) is 9.59 Å². The Balaban J connectivity index is 1.74. The Morgan fingerprint density at radius 2 is 1.87 bits per heavy atom. The van der Waals surface area contributed by atoms with E-state index in [1.165, 1.54) is 0 Å². The molecule has 0 aromatic carbocycles. The Labute approximate surface area is 137 Å². The summed E-state index contributed by atoms with van der Waals surface area (Å²) in [6, 6.07) is 0. The molecule has 1 aromatic rings. The Morgan fingerprint density at radius 3 is 2.52 bits per heavy atom. The number of nitrogens with zero attached hydrogens (tertiary/aromatic N) is 4. The van der Waals surface area contributed by atoms with Gasteiger partial charge in [-0.1, -0.05) is 19.0 Å². The van der Waals surface area contributed by atoms with Crippen molar-refractivity contribution < 1.29 is 14.1 Å². The summed E-state index contributed by atoms with van der Waals surface area (Å²) in [4.78, 5) is 31.7. The van der Waals surface area contributed by atoms with Gasteiger partial charge in [0.25, 0.3) is 0 Å². The minimum absolute atomic E-state index is 0.0802. The van der Waals surface area contributed by atoms with Crippen LogP contribution >= 0.6 is 0 Å². The number of aryl methyl sites for hydroxylation is 1. The van der Waals surface area contributed by atoms with Gasteiger partial charge in [-0.2, -0.15) is 4.98 Å². The molecule has 0 N–H and O–H groups in total. The van der Waals surface area contributed by atoms with Crippen molar-refractivity contribution in [3.8, 4) is 0 Å². The molecule has 0 unspecified atom stereocenters. The molecule has 7 heteroatoms. The minimum Gasteiger partial charge on any atom is -0.341 e. The first-order chi connectivity index (χ1) is 11.0. The second-order valence-corrected chi connectivity index (χ2v) is 6.29. The van der Waals surface area contributed by atoms with E-state index in [0.29, 0.717) is 44.1 Å². The van der Waals surface area contributed by atoms with Gasteiger partial charge in [0.15, 0.2) is 5.82 Å². The first-order valence-electron chi connectivity index (χ1n) is 8.33. The van der Waals surface area contributed by atoms with Crippen molar-refractivity contribution >= 4 is 11.8 Å². The van der Waals surface area contributed by atoms with Crippen LogP contribution in [0, 0.1) is 0 Å². The second kappa shape index (κ2) is 8.08. The molecule has 1 fully saturated rings. The zero-order valence-corrected chi connectivity index (χ0v) is 14.2. The van der Waals surface area contributed by atoms with Crippen LogP contribution in [-0.2, 0) is 16.0 Å². The molecule has 2 rings (SSSR count). The van der Waals surface area contributed by atoms with Crippen LogP contribution in [0.5, 0.6) is 0 Å². The minimum atomic E-state index is 0.0802. The molecular formula is C16H26N4O3. The Kier molecular flexibility index (Phi) is 6.12. The fourth-order valence-electron chi connectivity index (χ4n) is 2.63. The lowest BCUT2D eigenvalue weighted by atomic mass is 10.2. The van der Waals surface area contributed by atoms with E-state index in [-0.39, 0.29) is 17.7 Å². The third-order valence-corrected chi connectivity index (χ3v) is 4.08. The maximum atomic E-state index is 12.3. The van der Waals surface area contributed by atoms with E-state index in [0.717, 1.165) is 19.5 Å². The Morgan fingerprint density at radius 1 is 1.17 bits per heavy atom. The van der Waals surface area contributed by atoms with Gasteiger partial charge in [0.05, 0.1) is 0 Å². The average Bonchev–Trinajstić information content (AvgIpc) is 2.82. The SMILES string of the molecule is CC(=O)N1CCCN(C(=O)CCCc2nc(C(C)C)no2)CC1. The van der Waals surface area contributed by atoms with Crippen LogP contribution in [0.4, 0.5) is 0 Å². The fourth-order valence-corrected chi connectivity index (χ4v) is 2.63. The summed E-state index contributed by atoms with van der Waals surface area (Å²) >= 11 is 0. The van der Waals surface area contributed by atoms with Crippen molar-refractivity contribution in [3.05, 3.63) is 11.7 Å². The molecule has 0 radical (unpaired) electrons. The summed E-state index contributed by atoms with van der Waals surface area (Å²) in [5.41, 5.74) is 0. The summed E-state index contributed by atoms with van der Waals surface area (Å²) in [6.07, 6.45) is 2.64. The molecule has 2 amide bonds. The molecule has 0 atom stereocenters. The standard InChI is InChI=1S/C16H26N4O3/c1-12(2)16-17-14(23-18-16)6-4-7-15(22)20-9-5-8-19(10-11-20)13(3)21/h12H,4-11H2,1-3H3. The molecule has 128 valence electrons. The first kappa shape index (κ1) is 17.4. The molecule has 1 aliphatic heterocycles. The van der Waals surface area contributed by atoms with Crippen molar-refractivity contribution in [2.45, 2.75) is 52.4 Å². The second-order valence-electron chi connectivity index (χ2n) is 6.29. The number of rotatable bonds is 5. The number of carbonyl (C=O) groups excluding carboxylic acids is 2. The topological polar surface area (TPSA) is 79.5 Å². The Bertz CT molecular complexity index is 541. The number of amides is 2. The van der Waals surface area contributed by atoms with E-state index in [1.807, 2.05) is 18.7 Å². The van der Waals surface area contributed by atoms with Gasteiger partial charge in [-0.25, -0.2) is 0 Å². The molecule has 1 aromatic heterocycles. The Hall–Kier alpha value is -1.92. The highest BCUT2D eigenvalue weighted by Crippen LogP contribution is 2.12. The quantitative estimate of drug-likeness (QED) is 0.822. The third kappa shape index (κ3) is 5.04. The third-order valence-electron chi connectivity index (χ3n) is 4.08. The smallest absolute Gasteiger partial charge is 0.226 e. The van der Waals surface area contributed by atoms with Gasteiger partial charge >= 0.3 is 0 Å². The monoisotopic (exact) mass is 322 g/mol. The summed E-state index contributed by atoms with van der Waals surface area (Å²) in [7, 11) is 0. The van der Waals surface area contributed by atoms with Crippen LogP contribution in [0.1, 0.15) is 57.7 Å². The van der Waals surface area contributed by atoms with E-state index in [2.05, 4.69) is 10.1 Å². The first-order valence-corrected chi connectivity index (χ1v) is 8.33. The highest BCUT2D eigenvalue weighted by molar-refractivity contribution is 5.76. The van der Waals surface area contributed by atoms with Crippen LogP contribution in [0.2, 0.25) is 0 Å². The van der Waals surface area contributed by atoms with Gasteiger partial charge in [0.2, 0.25) is 17.7 Å². The van der Waals surface area contributed by atoms with Crippen molar-refractivity contribution in [1.82, 2.24) is 19.9 Å². The molecule has 0 aliphatic carbocycles. The molecule has 0 saturated carbocycles. The molecule has 0 bridgehead atoms. The average molecular weight is 322 g/mol. The summed E-state index contributed by atoms with van der Waals surface area (Å²) in [6.45, 7) is 8.32. The van der Waals surface area contributed by atoms with Gasteiger partial charge in [-0.15, -0.1) is 0 Å². The normalized spacial score (nSPS) is 15.8. The van der Waals surface area contributed by atoms with Crippen molar-refractivity contribution in [2.75, 3.05) is 26.2 Å². The molecular weight excluding hydrogens is 296 g/mol. The molecule has 2 heterocycles. The van der Waals surface area contributed by atoms with Crippen LogP contribution in [-0.4, -0.2) is 57.9 Å². The highest BCUT2D eigenvalue weighted by Gasteiger charge is 2.20. The molecule has 23 heavy (non-hydrogen) atoms. The van der Waals surface area contributed by atoms with Crippen molar-refractivity contribution in [2.24, 2.45) is 0 Å². The lowest BCUT2D eigenvalue weighted by molar-refractivity contribution is -0.132. The maximum absolute atomic E-state index is 12.3. The lowest BCUT2D eigenvalue weighted by Gasteiger charge is -2.21. The lowest BCUT2D eigenvalue weighted by Crippen LogP contribution is -2.36. The highest BCUT2D eigenvalue weighted by atomic mass is 16.5. The number of hydrogen-bond acceptors (Lipinski definition) is 5. The number of hydrogen-bond donors (Lipinski definition) is 0. The van der Waals surface area contributed by atoms with E-state index < -0.39 is 0 Å². The van der Waals surface area contributed by atoms with Crippen LogP contribution in [0.25, 0.3) is 0 Å². The summed E-state index contributed by atoms with van der Waals surface area (Å²) in [5, 5.41) is 3.92. The van der Waals surface area contributed by atoms with Gasteiger partial charge < -0.3 is 14.3 Å². The van der Waals surface area contributed by atoms with Crippen LogP contribution in [0.15, 0.2) is 4.52 Å². The fraction of sp³-hybridized carbons (Fsp3) is 0.750. The summed E-state index contributed by atoms with van der Waals surface area (Å²) < 4.78 is 5.18. The van der Waals surface area contributed by atoms with Crippen LogP contribution < -0.4 is 0 Å². The summed E-state index contributed by atoms with van der Waals surface area (Å²) in [5.74, 6) is 1.77. The predicted molar refractivity (Wildman–Crippen MR) is 84.8 cm³/mol. The molecule has 1 saturated heterocycles. The molecule has 1 aliphatic rings. The van der Waals surface area contributed by atoms with E-state index in [1.54, 1.807) is 11.8 Å². The van der Waals surface area contributed by atoms with E-state index >= 15 is 0 Å². The number of carbonyl (C=O) groups is 2. The zero-order valence-electron chi connectivity index (χ0n) is 14.2. The van der Waals surface area contributed by atoms with Gasteiger partial charge in [-0.3, -0.25) is 9.59 Å². The van der Waals surface area contributed by atoms with Gasteiger partial charge in [0, 0.05) is 51.9 Å². The van der Waals surface area contributed by atoms with Gasteiger partial charge in [-0.05, 0) is 12.8 Å². The van der Waals surface area contributed by atoms with Crippen LogP contribution in [0.3, 0.4) is 0 Å². The largest absolute Gasteiger partial charge is 0.341 e. The van der Waals surface area contributed by atoms with Gasteiger partial charge in [0.1, 0.15) is 0 Å². The molecule has 0 spiro atoms. The molecule has 7 nitrogen and oxygen atoms in total.